The number of likely N-dealkylation sites (N-methyl/N-ethyl adjacent to an activating group) is 1. The normalized spacial score (nSPS) is 20.4. The highest BCUT2D eigenvalue weighted by Gasteiger charge is 2.22. The summed E-state index contributed by atoms with van der Waals surface area (Å²) >= 11 is 6.58. The van der Waals surface area contributed by atoms with Crippen molar-refractivity contribution in [2.24, 2.45) is 0 Å². The average Bonchev–Trinajstić information content (AvgIpc) is 2.95. The molecular formula is C16H22ClNO2. The predicted molar refractivity (Wildman–Crippen MR) is 80.7 cm³/mol. The molecule has 1 aromatic carbocycles. The van der Waals surface area contributed by atoms with Crippen LogP contribution in [0.3, 0.4) is 0 Å². The Balaban J connectivity index is 1.62. The van der Waals surface area contributed by atoms with Gasteiger partial charge in [0.15, 0.2) is 11.5 Å². The second-order valence-electron chi connectivity index (χ2n) is 5.81. The third kappa shape index (κ3) is 3.04. The first-order chi connectivity index (χ1) is 9.74. The number of rotatable bonds is 4. The van der Waals surface area contributed by atoms with Crippen molar-refractivity contribution < 1.29 is 9.47 Å². The van der Waals surface area contributed by atoms with Gasteiger partial charge in [0.1, 0.15) is 0 Å². The van der Waals surface area contributed by atoms with Gasteiger partial charge >= 0.3 is 0 Å². The van der Waals surface area contributed by atoms with Gasteiger partial charge in [-0.15, -0.1) is 11.6 Å². The lowest BCUT2D eigenvalue weighted by molar-refractivity contribution is 0.174. The van der Waals surface area contributed by atoms with Crippen LogP contribution in [0, 0.1) is 0 Å². The van der Waals surface area contributed by atoms with E-state index >= 15 is 0 Å². The van der Waals surface area contributed by atoms with Crippen LogP contribution in [-0.4, -0.2) is 31.3 Å². The zero-order valence-corrected chi connectivity index (χ0v) is 12.7. The molecule has 1 heterocycles. The van der Waals surface area contributed by atoms with E-state index in [9.17, 15) is 0 Å². The minimum atomic E-state index is -0.00331. The summed E-state index contributed by atoms with van der Waals surface area (Å²) in [5.74, 6) is 1.63. The fraction of sp³-hybridized carbons (Fsp3) is 0.625. The first-order valence-corrected chi connectivity index (χ1v) is 7.91. The summed E-state index contributed by atoms with van der Waals surface area (Å²) < 4.78 is 10.7. The molecule has 4 heteroatoms. The number of fused-ring (bicyclic) bond motifs is 1. The van der Waals surface area contributed by atoms with Crippen molar-refractivity contribution in [3.63, 3.8) is 0 Å². The zero-order valence-electron chi connectivity index (χ0n) is 12.0. The largest absolute Gasteiger partial charge is 0.454 e. The number of halogens is 1. The van der Waals surface area contributed by atoms with Gasteiger partial charge in [-0.1, -0.05) is 25.3 Å². The molecule has 0 bridgehead atoms. The van der Waals surface area contributed by atoms with Gasteiger partial charge in [-0.25, -0.2) is 0 Å². The molecule has 110 valence electrons. The molecule has 1 atom stereocenters. The van der Waals surface area contributed by atoms with Crippen LogP contribution in [0.2, 0.25) is 0 Å². The van der Waals surface area contributed by atoms with E-state index in [4.69, 9.17) is 21.1 Å². The Morgan fingerprint density at radius 3 is 2.75 bits per heavy atom. The lowest BCUT2D eigenvalue weighted by Gasteiger charge is -2.32. The first-order valence-electron chi connectivity index (χ1n) is 7.48. The van der Waals surface area contributed by atoms with E-state index in [1.54, 1.807) is 0 Å². The summed E-state index contributed by atoms with van der Waals surface area (Å²) in [5, 5.41) is -0.00331. The van der Waals surface area contributed by atoms with E-state index in [1.807, 2.05) is 18.2 Å². The van der Waals surface area contributed by atoms with Crippen LogP contribution in [0.1, 0.15) is 43.0 Å². The van der Waals surface area contributed by atoms with E-state index in [-0.39, 0.29) is 5.38 Å². The number of ether oxygens (including phenoxy) is 2. The summed E-state index contributed by atoms with van der Waals surface area (Å²) in [5.41, 5.74) is 1.11. The molecule has 1 aliphatic heterocycles. The minimum Gasteiger partial charge on any atom is -0.454 e. The van der Waals surface area contributed by atoms with Gasteiger partial charge in [-0.05, 0) is 37.6 Å². The summed E-state index contributed by atoms with van der Waals surface area (Å²) in [6.07, 6.45) is 6.71. The van der Waals surface area contributed by atoms with Crippen LogP contribution in [-0.2, 0) is 0 Å². The van der Waals surface area contributed by atoms with Crippen molar-refractivity contribution in [3.8, 4) is 11.5 Å². The number of benzene rings is 1. The topological polar surface area (TPSA) is 21.7 Å². The quantitative estimate of drug-likeness (QED) is 0.785. The van der Waals surface area contributed by atoms with E-state index < -0.39 is 0 Å². The van der Waals surface area contributed by atoms with Crippen LogP contribution in [0.5, 0.6) is 11.5 Å². The van der Waals surface area contributed by atoms with Crippen LogP contribution >= 0.6 is 11.6 Å². The molecule has 0 N–H and O–H groups in total. The Labute approximate surface area is 125 Å². The molecule has 20 heavy (non-hydrogen) atoms. The average molecular weight is 296 g/mol. The number of hydrogen-bond donors (Lipinski definition) is 0. The van der Waals surface area contributed by atoms with Crippen molar-refractivity contribution >= 4 is 11.6 Å². The van der Waals surface area contributed by atoms with Crippen LogP contribution in [0.15, 0.2) is 18.2 Å². The third-order valence-corrected chi connectivity index (χ3v) is 4.79. The third-order valence-electron chi connectivity index (χ3n) is 4.40. The van der Waals surface area contributed by atoms with Crippen molar-refractivity contribution in [1.82, 2.24) is 4.90 Å². The van der Waals surface area contributed by atoms with E-state index in [2.05, 4.69) is 11.9 Å². The highest BCUT2D eigenvalue weighted by atomic mass is 35.5. The van der Waals surface area contributed by atoms with Gasteiger partial charge in [0.2, 0.25) is 6.79 Å². The summed E-state index contributed by atoms with van der Waals surface area (Å²) in [6, 6.07) is 6.70. The van der Waals surface area contributed by atoms with Crippen molar-refractivity contribution in [3.05, 3.63) is 23.8 Å². The molecule has 0 saturated heterocycles. The first kappa shape index (κ1) is 14.0. The maximum Gasteiger partial charge on any atom is 0.231 e. The molecular weight excluding hydrogens is 274 g/mol. The molecule has 1 aromatic rings. The maximum atomic E-state index is 6.58. The van der Waals surface area contributed by atoms with Crippen molar-refractivity contribution in [2.75, 3.05) is 20.4 Å². The molecule has 0 aromatic heterocycles. The maximum absolute atomic E-state index is 6.58. The zero-order chi connectivity index (χ0) is 13.9. The Morgan fingerprint density at radius 1 is 1.20 bits per heavy atom. The Morgan fingerprint density at radius 2 is 1.95 bits per heavy atom. The summed E-state index contributed by atoms with van der Waals surface area (Å²) in [6.45, 7) is 1.19. The molecule has 1 aliphatic carbocycles. The van der Waals surface area contributed by atoms with E-state index in [0.717, 1.165) is 23.6 Å². The Hall–Kier alpha value is -0.930. The number of nitrogens with zero attached hydrogens (tertiary/aromatic N) is 1. The van der Waals surface area contributed by atoms with E-state index in [0.29, 0.717) is 12.8 Å². The van der Waals surface area contributed by atoms with E-state index in [1.165, 1.54) is 32.1 Å². The second kappa shape index (κ2) is 6.23. The van der Waals surface area contributed by atoms with Crippen molar-refractivity contribution in [2.45, 2.75) is 43.5 Å². The minimum absolute atomic E-state index is 0.00331. The predicted octanol–water partition coefficient (Wildman–Crippen LogP) is 3.96. The monoisotopic (exact) mass is 295 g/mol. The van der Waals surface area contributed by atoms with Crippen molar-refractivity contribution in [1.29, 1.82) is 0 Å². The van der Waals surface area contributed by atoms with Gasteiger partial charge in [-0.2, -0.15) is 0 Å². The summed E-state index contributed by atoms with van der Waals surface area (Å²) in [7, 11) is 2.19. The van der Waals surface area contributed by atoms with Crippen LogP contribution in [0.25, 0.3) is 0 Å². The fourth-order valence-electron chi connectivity index (χ4n) is 3.14. The number of alkyl halides is 1. The molecule has 3 rings (SSSR count). The Kier molecular flexibility index (Phi) is 4.37. The molecule has 0 amide bonds. The van der Waals surface area contributed by atoms with Crippen LogP contribution in [0.4, 0.5) is 0 Å². The smallest absolute Gasteiger partial charge is 0.231 e. The molecule has 1 unspecified atom stereocenters. The molecule has 2 aliphatic rings. The molecule has 3 nitrogen and oxygen atoms in total. The summed E-state index contributed by atoms with van der Waals surface area (Å²) in [4.78, 5) is 2.42. The lowest BCUT2D eigenvalue weighted by Crippen LogP contribution is -2.35. The highest BCUT2D eigenvalue weighted by Crippen LogP contribution is 2.36. The highest BCUT2D eigenvalue weighted by molar-refractivity contribution is 6.21. The van der Waals surface area contributed by atoms with Gasteiger partial charge in [-0.3, -0.25) is 0 Å². The van der Waals surface area contributed by atoms with Gasteiger partial charge in [0.05, 0.1) is 5.38 Å². The number of hydrogen-bond acceptors (Lipinski definition) is 3. The molecule has 0 radical (unpaired) electrons. The van der Waals surface area contributed by atoms with Gasteiger partial charge in [0.25, 0.3) is 0 Å². The molecule has 1 fully saturated rings. The molecule has 0 spiro atoms. The van der Waals surface area contributed by atoms with Crippen LogP contribution < -0.4 is 9.47 Å². The SMILES string of the molecule is CN(CC(Cl)c1ccc2c(c1)OCO2)C1CCCCC1. The lowest BCUT2D eigenvalue weighted by atomic mass is 9.94. The fourth-order valence-corrected chi connectivity index (χ4v) is 3.49. The van der Waals surface area contributed by atoms with Gasteiger partial charge < -0.3 is 14.4 Å². The Bertz CT molecular complexity index is 460. The standard InChI is InChI=1S/C16H22ClNO2/c1-18(13-5-3-2-4-6-13)10-14(17)12-7-8-15-16(9-12)20-11-19-15/h7-9,13-14H,2-6,10-11H2,1H3. The van der Waals surface area contributed by atoms with Gasteiger partial charge in [0, 0.05) is 12.6 Å². The second-order valence-corrected chi connectivity index (χ2v) is 6.34. The molecule has 1 saturated carbocycles.